The van der Waals surface area contributed by atoms with Crippen molar-refractivity contribution in [2.75, 3.05) is 6.54 Å². The minimum atomic E-state index is -0.403. The van der Waals surface area contributed by atoms with Crippen LogP contribution in [0.3, 0.4) is 0 Å². The Labute approximate surface area is 212 Å². The molecule has 0 unspecified atom stereocenters. The molecule has 8 heteroatoms. The van der Waals surface area contributed by atoms with Crippen LogP contribution in [0.1, 0.15) is 45.7 Å². The molecule has 0 aliphatic carbocycles. The highest BCUT2D eigenvalue weighted by atomic mass is 35.5. The van der Waals surface area contributed by atoms with E-state index in [1.54, 1.807) is 22.5 Å². The summed E-state index contributed by atoms with van der Waals surface area (Å²) >= 11 is 6.32. The van der Waals surface area contributed by atoms with Gasteiger partial charge in [0, 0.05) is 12.1 Å². The molecule has 2 bridgehead atoms. The van der Waals surface area contributed by atoms with Crippen molar-refractivity contribution < 1.29 is 9.90 Å². The van der Waals surface area contributed by atoms with Gasteiger partial charge in [-0.2, -0.15) is 5.26 Å². The molecule has 3 aromatic carbocycles. The lowest BCUT2D eigenvalue weighted by Gasteiger charge is -2.27. The van der Waals surface area contributed by atoms with Crippen LogP contribution in [0.15, 0.2) is 71.5 Å². The first-order valence-corrected chi connectivity index (χ1v) is 12.0. The molecular weight excluding hydrogens is 476 g/mol. The molecule has 3 heterocycles. The number of hydrogen-bond acceptors (Lipinski definition) is 4. The summed E-state index contributed by atoms with van der Waals surface area (Å²) in [5.41, 5.74) is 3.95. The van der Waals surface area contributed by atoms with E-state index in [0.717, 1.165) is 11.1 Å². The number of likely N-dealkylation sites (tertiary alicyclic amines) is 1. The predicted octanol–water partition coefficient (Wildman–Crippen LogP) is 4.99. The van der Waals surface area contributed by atoms with Gasteiger partial charge in [-0.05, 0) is 54.3 Å². The lowest BCUT2D eigenvalue weighted by molar-refractivity contribution is 0.0711. The molecule has 1 amide bonds. The third-order valence-corrected chi connectivity index (χ3v) is 7.76. The Hall–Kier alpha value is -4.28. The van der Waals surface area contributed by atoms with Crippen molar-refractivity contribution in [3.8, 4) is 28.8 Å². The maximum Gasteiger partial charge on any atom is 0.336 e. The molecular formula is C28H21ClN4O3. The van der Waals surface area contributed by atoms with E-state index in [2.05, 4.69) is 0 Å². The average Bonchev–Trinajstić information content (AvgIpc) is 3.57. The number of hydrogen-bond donors (Lipinski definition) is 1. The predicted molar refractivity (Wildman–Crippen MR) is 135 cm³/mol. The highest BCUT2D eigenvalue weighted by molar-refractivity contribution is 6.32. The number of nitriles is 1. The zero-order valence-electron chi connectivity index (χ0n) is 19.4. The summed E-state index contributed by atoms with van der Waals surface area (Å²) < 4.78 is 2.81. The smallest absolute Gasteiger partial charge is 0.336 e. The zero-order chi connectivity index (χ0) is 25.1. The van der Waals surface area contributed by atoms with Crippen LogP contribution < -0.4 is 5.69 Å². The maximum absolute atomic E-state index is 13.4. The number of carbonyl (C=O) groups excluding carboxylic acids is 1. The van der Waals surface area contributed by atoms with Gasteiger partial charge in [0.05, 0.1) is 28.4 Å². The first kappa shape index (κ1) is 22.2. The molecule has 6 rings (SSSR count). The summed E-state index contributed by atoms with van der Waals surface area (Å²) in [6.07, 6.45) is 0.583. The molecule has 1 fully saturated rings. The number of aromatic hydroxyl groups is 1. The molecule has 4 aromatic rings. The van der Waals surface area contributed by atoms with Crippen molar-refractivity contribution in [2.24, 2.45) is 0 Å². The van der Waals surface area contributed by atoms with Crippen LogP contribution in [0.4, 0.5) is 0 Å². The van der Waals surface area contributed by atoms with Gasteiger partial charge in [-0.25, -0.2) is 9.36 Å². The summed E-state index contributed by atoms with van der Waals surface area (Å²) in [4.78, 5) is 28.5. The van der Waals surface area contributed by atoms with Gasteiger partial charge >= 0.3 is 5.69 Å². The topological polar surface area (TPSA) is 91.3 Å². The summed E-state index contributed by atoms with van der Waals surface area (Å²) in [5.74, 6) is -0.334. The fourth-order valence-corrected chi connectivity index (χ4v) is 5.69. The quantitative estimate of drug-likeness (QED) is 0.432. The van der Waals surface area contributed by atoms with Crippen molar-refractivity contribution in [2.45, 2.75) is 25.4 Å². The Morgan fingerprint density at radius 2 is 1.75 bits per heavy atom. The fraction of sp³-hybridized carbons (Fsp3) is 0.179. The number of imidazole rings is 1. The molecule has 2 aliphatic heterocycles. The minimum Gasteiger partial charge on any atom is -0.493 e. The van der Waals surface area contributed by atoms with Gasteiger partial charge in [-0.3, -0.25) is 9.36 Å². The number of halogens is 1. The third-order valence-electron chi connectivity index (χ3n) is 7.28. The van der Waals surface area contributed by atoms with Crippen LogP contribution >= 0.6 is 11.6 Å². The van der Waals surface area contributed by atoms with Crippen LogP contribution in [0.5, 0.6) is 5.88 Å². The molecule has 0 saturated carbocycles. The zero-order valence-corrected chi connectivity index (χ0v) is 20.1. The SMILES string of the molecule is Cc1c(-n2c(O)c3n(c2=O)[C@H]2C[C@@H]3N(C(=O)c3ccc(-c4ccccc4)cc3)C2)ccc(C#N)c1Cl. The maximum atomic E-state index is 13.4. The van der Waals surface area contributed by atoms with E-state index in [9.17, 15) is 20.0 Å². The first-order valence-electron chi connectivity index (χ1n) is 11.6. The van der Waals surface area contributed by atoms with E-state index in [4.69, 9.17) is 11.6 Å². The number of carbonyl (C=O) groups is 1. The molecule has 7 nitrogen and oxygen atoms in total. The second kappa shape index (κ2) is 8.14. The van der Waals surface area contributed by atoms with E-state index >= 15 is 0 Å². The molecule has 36 heavy (non-hydrogen) atoms. The number of nitrogens with zero attached hydrogens (tertiary/aromatic N) is 4. The van der Waals surface area contributed by atoms with Gasteiger partial charge in [0.2, 0.25) is 5.88 Å². The second-order valence-corrected chi connectivity index (χ2v) is 9.56. The Morgan fingerprint density at radius 1 is 1.06 bits per heavy atom. The van der Waals surface area contributed by atoms with Crippen molar-refractivity contribution in [1.82, 2.24) is 14.0 Å². The van der Waals surface area contributed by atoms with Gasteiger partial charge in [-0.15, -0.1) is 0 Å². The Balaban J connectivity index is 1.34. The van der Waals surface area contributed by atoms with E-state index < -0.39 is 6.04 Å². The summed E-state index contributed by atoms with van der Waals surface area (Å²) in [7, 11) is 0. The largest absolute Gasteiger partial charge is 0.493 e. The molecule has 2 aliphatic rings. The summed E-state index contributed by atoms with van der Waals surface area (Å²) in [6, 6.07) is 22.0. The average molecular weight is 497 g/mol. The van der Waals surface area contributed by atoms with Crippen LogP contribution in [-0.4, -0.2) is 31.6 Å². The molecule has 1 N–H and O–H groups in total. The van der Waals surface area contributed by atoms with E-state index in [0.29, 0.717) is 41.0 Å². The number of fused-ring (bicyclic) bond motifs is 5. The lowest BCUT2D eigenvalue weighted by atomic mass is 10.0. The molecule has 1 saturated heterocycles. The number of rotatable bonds is 3. The molecule has 178 valence electrons. The minimum absolute atomic E-state index is 0.134. The van der Waals surface area contributed by atoms with Crippen LogP contribution in [-0.2, 0) is 0 Å². The van der Waals surface area contributed by atoms with E-state index in [1.165, 1.54) is 10.6 Å². The Kier molecular flexibility index (Phi) is 5.02. The molecule has 0 spiro atoms. The van der Waals surface area contributed by atoms with Crippen molar-refractivity contribution in [3.05, 3.63) is 105 Å². The molecule has 2 atom stereocenters. The normalized spacial score (nSPS) is 17.8. The Morgan fingerprint density at radius 3 is 2.44 bits per heavy atom. The molecule has 0 radical (unpaired) electrons. The summed E-state index contributed by atoms with van der Waals surface area (Å²) in [6.45, 7) is 2.10. The van der Waals surface area contributed by atoms with Gasteiger partial charge in [0.25, 0.3) is 5.91 Å². The van der Waals surface area contributed by atoms with Crippen molar-refractivity contribution in [1.29, 1.82) is 5.26 Å². The van der Waals surface area contributed by atoms with Gasteiger partial charge < -0.3 is 10.0 Å². The van der Waals surface area contributed by atoms with Crippen LogP contribution in [0.25, 0.3) is 16.8 Å². The van der Waals surface area contributed by atoms with E-state index in [1.807, 2.05) is 60.7 Å². The lowest BCUT2D eigenvalue weighted by Crippen LogP contribution is -2.37. The van der Waals surface area contributed by atoms with Crippen molar-refractivity contribution in [3.63, 3.8) is 0 Å². The fourth-order valence-electron chi connectivity index (χ4n) is 5.49. The second-order valence-electron chi connectivity index (χ2n) is 9.19. The highest BCUT2D eigenvalue weighted by Gasteiger charge is 2.49. The monoisotopic (exact) mass is 496 g/mol. The first-order chi connectivity index (χ1) is 17.4. The summed E-state index contributed by atoms with van der Waals surface area (Å²) in [5, 5.41) is 20.7. The number of amides is 1. The Bertz CT molecular complexity index is 1630. The standard InChI is InChI=1S/C28H21ClN4O3/c1-16-22(12-11-20(14-30)24(16)29)33-27(35)25-23-13-21(32(25)28(33)36)15-31(23)26(34)19-9-7-18(8-10-19)17-5-3-2-4-6-17/h2-12,21,23,35H,13,15H2,1H3/t21-,23-/m0/s1. The van der Waals surface area contributed by atoms with Crippen LogP contribution in [0, 0.1) is 18.3 Å². The van der Waals surface area contributed by atoms with Gasteiger partial charge in [0.1, 0.15) is 11.8 Å². The number of benzene rings is 3. The molecule has 1 aromatic heterocycles. The third kappa shape index (κ3) is 3.11. The number of aromatic nitrogens is 2. The van der Waals surface area contributed by atoms with E-state index in [-0.39, 0.29) is 28.5 Å². The van der Waals surface area contributed by atoms with Crippen LogP contribution in [0.2, 0.25) is 5.02 Å². The van der Waals surface area contributed by atoms with Gasteiger partial charge in [-0.1, -0.05) is 54.1 Å². The van der Waals surface area contributed by atoms with Gasteiger partial charge in [0.15, 0.2) is 0 Å². The highest BCUT2D eigenvalue weighted by Crippen LogP contribution is 2.49. The van der Waals surface area contributed by atoms with Crippen molar-refractivity contribution >= 4 is 17.5 Å².